The van der Waals surface area contributed by atoms with Gasteiger partial charge in [-0.15, -0.1) is 0 Å². The van der Waals surface area contributed by atoms with Crippen LogP contribution in [0.25, 0.3) is 22.0 Å². The molecule has 1 amide bonds. The minimum atomic E-state index is -0.973. The number of aryl methyl sites for hydroxylation is 2. The van der Waals surface area contributed by atoms with Crippen LogP contribution >= 0.6 is 0 Å². The van der Waals surface area contributed by atoms with Crippen molar-refractivity contribution in [1.82, 2.24) is 4.98 Å². The van der Waals surface area contributed by atoms with Crippen LogP contribution in [0.3, 0.4) is 0 Å². The predicted octanol–water partition coefficient (Wildman–Crippen LogP) is 5.70. The molecule has 0 fully saturated rings. The van der Waals surface area contributed by atoms with E-state index in [1.807, 2.05) is 86.6 Å². The first-order chi connectivity index (χ1) is 15.4. The van der Waals surface area contributed by atoms with E-state index in [2.05, 4.69) is 10.3 Å². The first kappa shape index (κ1) is 21.2. The molecule has 5 nitrogen and oxygen atoms in total. The molecule has 0 radical (unpaired) electrons. The average Bonchev–Trinajstić information content (AvgIpc) is 2.79. The van der Waals surface area contributed by atoms with Gasteiger partial charge in [-0.2, -0.15) is 0 Å². The Hall–Kier alpha value is -3.99. The summed E-state index contributed by atoms with van der Waals surface area (Å²) in [6.45, 7) is 5.35. The van der Waals surface area contributed by atoms with E-state index >= 15 is 0 Å². The molecule has 0 aliphatic heterocycles. The first-order valence-electron chi connectivity index (χ1n) is 10.5. The molecule has 3 aromatic carbocycles. The number of esters is 1. The summed E-state index contributed by atoms with van der Waals surface area (Å²) in [5.74, 6) is -0.946. The summed E-state index contributed by atoms with van der Waals surface area (Å²) in [7, 11) is 0. The molecule has 1 aromatic heterocycles. The third-order valence-corrected chi connectivity index (χ3v) is 5.23. The van der Waals surface area contributed by atoms with Crippen molar-refractivity contribution in [1.29, 1.82) is 0 Å². The van der Waals surface area contributed by atoms with Crippen LogP contribution in [0, 0.1) is 13.8 Å². The van der Waals surface area contributed by atoms with E-state index in [-0.39, 0.29) is 0 Å². The van der Waals surface area contributed by atoms with Crippen molar-refractivity contribution in [3.05, 3.63) is 95.7 Å². The third kappa shape index (κ3) is 4.52. The molecule has 1 heterocycles. The zero-order valence-corrected chi connectivity index (χ0v) is 18.3. The molecule has 0 aliphatic rings. The minimum Gasteiger partial charge on any atom is -0.449 e. The van der Waals surface area contributed by atoms with E-state index in [0.717, 1.165) is 22.2 Å². The fraction of sp³-hybridized carbons (Fsp3) is 0.148. The van der Waals surface area contributed by atoms with Crippen LogP contribution in [-0.2, 0) is 9.53 Å². The van der Waals surface area contributed by atoms with Gasteiger partial charge in [0.25, 0.3) is 5.91 Å². The number of hydrogen-bond acceptors (Lipinski definition) is 4. The van der Waals surface area contributed by atoms with Crippen molar-refractivity contribution < 1.29 is 14.3 Å². The Bertz CT molecular complexity index is 1300. The molecule has 4 aromatic rings. The SMILES string of the molecule is Cc1ccc2nc(C)cc(C(=O)OC(C)C(=O)Nc3ccccc3-c3ccccc3)c2c1. The van der Waals surface area contributed by atoms with Gasteiger partial charge in [0.05, 0.1) is 11.1 Å². The van der Waals surface area contributed by atoms with Crippen molar-refractivity contribution in [2.75, 3.05) is 5.32 Å². The number of para-hydroxylation sites is 1. The van der Waals surface area contributed by atoms with Crippen LogP contribution in [-0.4, -0.2) is 23.0 Å². The highest BCUT2D eigenvalue weighted by molar-refractivity contribution is 6.05. The van der Waals surface area contributed by atoms with Gasteiger partial charge in [-0.1, -0.05) is 60.2 Å². The highest BCUT2D eigenvalue weighted by Crippen LogP contribution is 2.28. The number of fused-ring (bicyclic) bond motifs is 1. The van der Waals surface area contributed by atoms with Crippen LogP contribution in [0.15, 0.2) is 78.9 Å². The minimum absolute atomic E-state index is 0.395. The largest absolute Gasteiger partial charge is 0.449 e. The van der Waals surface area contributed by atoms with Gasteiger partial charge in [-0.05, 0) is 50.6 Å². The van der Waals surface area contributed by atoms with Gasteiger partial charge < -0.3 is 10.1 Å². The smallest absolute Gasteiger partial charge is 0.339 e. The molecule has 1 unspecified atom stereocenters. The summed E-state index contributed by atoms with van der Waals surface area (Å²) in [6.07, 6.45) is -0.973. The Morgan fingerprint density at radius 3 is 2.41 bits per heavy atom. The van der Waals surface area contributed by atoms with E-state index in [0.29, 0.717) is 22.3 Å². The van der Waals surface area contributed by atoms with Gasteiger partial charge in [0.1, 0.15) is 0 Å². The van der Waals surface area contributed by atoms with Gasteiger partial charge in [0.15, 0.2) is 6.10 Å². The van der Waals surface area contributed by atoms with Gasteiger partial charge in [0, 0.05) is 22.3 Å². The molecule has 0 saturated heterocycles. The summed E-state index contributed by atoms with van der Waals surface area (Å²) >= 11 is 0. The fourth-order valence-corrected chi connectivity index (χ4v) is 3.61. The van der Waals surface area contributed by atoms with E-state index < -0.39 is 18.0 Å². The molecule has 32 heavy (non-hydrogen) atoms. The fourth-order valence-electron chi connectivity index (χ4n) is 3.61. The average molecular weight is 425 g/mol. The van der Waals surface area contributed by atoms with Gasteiger partial charge in [-0.3, -0.25) is 9.78 Å². The summed E-state index contributed by atoms with van der Waals surface area (Å²) in [5, 5.41) is 3.61. The number of carbonyl (C=O) groups is 2. The molecule has 0 bridgehead atoms. The van der Waals surface area contributed by atoms with Crippen LogP contribution in [0.1, 0.15) is 28.5 Å². The maximum Gasteiger partial charge on any atom is 0.339 e. The van der Waals surface area contributed by atoms with Crippen LogP contribution in [0.5, 0.6) is 0 Å². The number of amides is 1. The number of pyridine rings is 1. The molecule has 0 spiro atoms. The zero-order valence-electron chi connectivity index (χ0n) is 18.3. The van der Waals surface area contributed by atoms with E-state index in [9.17, 15) is 9.59 Å². The molecule has 0 aliphatic carbocycles. The number of ether oxygens (including phenoxy) is 1. The summed E-state index contributed by atoms with van der Waals surface area (Å²) < 4.78 is 5.54. The number of carbonyl (C=O) groups excluding carboxylic acids is 2. The van der Waals surface area contributed by atoms with Crippen molar-refractivity contribution in [2.45, 2.75) is 26.9 Å². The third-order valence-electron chi connectivity index (χ3n) is 5.23. The molecule has 1 atom stereocenters. The van der Waals surface area contributed by atoms with Gasteiger partial charge >= 0.3 is 5.97 Å². The number of nitrogens with zero attached hydrogens (tertiary/aromatic N) is 1. The molecule has 5 heteroatoms. The monoisotopic (exact) mass is 424 g/mol. The summed E-state index contributed by atoms with van der Waals surface area (Å²) in [5.41, 5.74) is 5.39. The predicted molar refractivity (Wildman–Crippen MR) is 127 cm³/mol. The lowest BCUT2D eigenvalue weighted by molar-refractivity contribution is -0.123. The van der Waals surface area contributed by atoms with Gasteiger partial charge in [-0.25, -0.2) is 4.79 Å². The standard InChI is InChI=1S/C27H24N2O3/c1-17-13-14-25-22(15-17)23(16-18(2)28-25)27(31)32-19(3)26(30)29-24-12-8-7-11-21(24)20-9-5-4-6-10-20/h4-16,19H,1-3H3,(H,29,30). The normalized spacial score (nSPS) is 11.7. The maximum absolute atomic E-state index is 12.9. The van der Waals surface area contributed by atoms with Crippen molar-refractivity contribution >= 4 is 28.5 Å². The molecule has 1 N–H and O–H groups in total. The number of benzene rings is 3. The Kier molecular flexibility index (Phi) is 5.99. The second-order valence-corrected chi connectivity index (χ2v) is 7.78. The first-order valence-corrected chi connectivity index (χ1v) is 10.5. The number of hydrogen-bond donors (Lipinski definition) is 1. The van der Waals surface area contributed by atoms with E-state index in [1.165, 1.54) is 0 Å². The summed E-state index contributed by atoms with van der Waals surface area (Å²) in [4.78, 5) is 30.3. The summed E-state index contributed by atoms with van der Waals surface area (Å²) in [6, 6.07) is 24.8. The molecular formula is C27H24N2O3. The number of nitrogens with one attached hydrogen (secondary N) is 1. The number of rotatable bonds is 5. The van der Waals surface area contributed by atoms with E-state index in [4.69, 9.17) is 4.74 Å². The highest BCUT2D eigenvalue weighted by atomic mass is 16.5. The van der Waals surface area contributed by atoms with E-state index in [1.54, 1.807) is 13.0 Å². The number of aromatic nitrogens is 1. The Balaban J connectivity index is 1.54. The molecule has 4 rings (SSSR count). The Labute approximate surface area is 187 Å². The molecular weight excluding hydrogens is 400 g/mol. The molecule has 0 saturated carbocycles. The van der Waals surface area contributed by atoms with Crippen molar-refractivity contribution in [2.24, 2.45) is 0 Å². The highest BCUT2D eigenvalue weighted by Gasteiger charge is 2.22. The second kappa shape index (κ2) is 9.02. The van der Waals surface area contributed by atoms with Crippen LogP contribution in [0.2, 0.25) is 0 Å². The molecule has 160 valence electrons. The van der Waals surface area contributed by atoms with Crippen molar-refractivity contribution in [3.63, 3.8) is 0 Å². The van der Waals surface area contributed by atoms with Gasteiger partial charge in [0.2, 0.25) is 0 Å². The quantitative estimate of drug-likeness (QED) is 0.417. The van der Waals surface area contributed by atoms with Crippen molar-refractivity contribution in [3.8, 4) is 11.1 Å². The topological polar surface area (TPSA) is 68.3 Å². The maximum atomic E-state index is 12.9. The van der Waals surface area contributed by atoms with Crippen LogP contribution < -0.4 is 5.32 Å². The second-order valence-electron chi connectivity index (χ2n) is 7.78. The lowest BCUT2D eigenvalue weighted by atomic mass is 10.0. The lowest BCUT2D eigenvalue weighted by Crippen LogP contribution is -2.30. The van der Waals surface area contributed by atoms with Crippen LogP contribution in [0.4, 0.5) is 5.69 Å². The zero-order chi connectivity index (χ0) is 22.7. The lowest BCUT2D eigenvalue weighted by Gasteiger charge is -2.16. The Morgan fingerprint density at radius 2 is 1.62 bits per heavy atom. The Morgan fingerprint density at radius 1 is 0.906 bits per heavy atom. The number of anilines is 1.